The molecule has 1 unspecified atom stereocenters. The van der Waals surface area contributed by atoms with Gasteiger partial charge in [0.05, 0.1) is 12.6 Å². The minimum Gasteiger partial charge on any atom is -0.494 e. The van der Waals surface area contributed by atoms with Gasteiger partial charge in [0.25, 0.3) is 0 Å². The van der Waals surface area contributed by atoms with Gasteiger partial charge in [0, 0.05) is 13.0 Å². The zero-order valence-corrected chi connectivity index (χ0v) is 12.6. The lowest BCUT2D eigenvalue weighted by atomic mass is 10.0. The van der Waals surface area contributed by atoms with Crippen LogP contribution in [-0.4, -0.2) is 21.4 Å². The van der Waals surface area contributed by atoms with E-state index in [1.807, 2.05) is 35.9 Å². The molecule has 6 nitrogen and oxygen atoms in total. The monoisotopic (exact) mass is 289 g/mol. The molecule has 0 aliphatic carbocycles. The summed E-state index contributed by atoms with van der Waals surface area (Å²) in [5.41, 5.74) is 3.94. The maximum atomic E-state index is 5.72. The number of hydrazine groups is 1. The number of nitrogens with one attached hydrogen (secondary N) is 1. The van der Waals surface area contributed by atoms with E-state index in [4.69, 9.17) is 10.6 Å². The number of aryl methyl sites for hydroxylation is 1. The first-order valence-electron chi connectivity index (χ1n) is 7.34. The van der Waals surface area contributed by atoms with Gasteiger partial charge in [-0.1, -0.05) is 19.1 Å². The second kappa shape index (κ2) is 7.75. The van der Waals surface area contributed by atoms with Crippen molar-refractivity contribution in [1.82, 2.24) is 20.2 Å². The van der Waals surface area contributed by atoms with Crippen molar-refractivity contribution >= 4 is 0 Å². The number of ether oxygens (including phenoxy) is 1. The van der Waals surface area contributed by atoms with E-state index in [1.165, 1.54) is 0 Å². The highest BCUT2D eigenvalue weighted by molar-refractivity contribution is 5.31. The first-order chi connectivity index (χ1) is 10.3. The average Bonchev–Trinajstić information content (AvgIpc) is 2.93. The van der Waals surface area contributed by atoms with E-state index in [0.29, 0.717) is 13.0 Å². The van der Waals surface area contributed by atoms with Crippen molar-refractivity contribution in [3.63, 3.8) is 0 Å². The lowest BCUT2D eigenvalue weighted by Crippen LogP contribution is -2.30. The molecule has 1 atom stereocenters. The molecule has 0 aliphatic heterocycles. The predicted molar refractivity (Wildman–Crippen MR) is 81.7 cm³/mol. The molecular formula is C15H23N5O. The van der Waals surface area contributed by atoms with Gasteiger partial charge in [0.15, 0.2) is 0 Å². The van der Waals surface area contributed by atoms with Crippen LogP contribution in [-0.2, 0) is 13.0 Å². The van der Waals surface area contributed by atoms with Gasteiger partial charge in [0.1, 0.15) is 17.9 Å². The maximum Gasteiger partial charge on any atom is 0.138 e. The first kappa shape index (κ1) is 15.5. The molecule has 1 aromatic carbocycles. The van der Waals surface area contributed by atoms with Gasteiger partial charge in [-0.15, -0.1) is 0 Å². The minimum absolute atomic E-state index is 0.0230. The fourth-order valence-electron chi connectivity index (χ4n) is 2.29. The summed E-state index contributed by atoms with van der Waals surface area (Å²) in [6.07, 6.45) is 3.30. The van der Waals surface area contributed by atoms with E-state index in [1.54, 1.807) is 6.33 Å². The molecule has 21 heavy (non-hydrogen) atoms. The topological polar surface area (TPSA) is 78.0 Å². The summed E-state index contributed by atoms with van der Waals surface area (Å²) >= 11 is 0. The fourth-order valence-corrected chi connectivity index (χ4v) is 2.29. The summed E-state index contributed by atoms with van der Waals surface area (Å²) in [5.74, 6) is 7.51. The van der Waals surface area contributed by atoms with Gasteiger partial charge in [-0.25, -0.2) is 4.98 Å². The summed E-state index contributed by atoms with van der Waals surface area (Å²) in [4.78, 5) is 4.33. The number of hydrogen-bond acceptors (Lipinski definition) is 5. The molecule has 0 amide bonds. The quantitative estimate of drug-likeness (QED) is 0.572. The van der Waals surface area contributed by atoms with Crippen molar-refractivity contribution in [3.05, 3.63) is 42.0 Å². The summed E-state index contributed by atoms with van der Waals surface area (Å²) < 4.78 is 7.46. The third kappa shape index (κ3) is 4.03. The van der Waals surface area contributed by atoms with E-state index in [9.17, 15) is 0 Å². The zero-order chi connectivity index (χ0) is 15.1. The number of hydrogen-bond donors (Lipinski definition) is 2. The molecule has 2 rings (SSSR count). The van der Waals surface area contributed by atoms with Crippen LogP contribution in [0.2, 0.25) is 0 Å². The highest BCUT2D eigenvalue weighted by Gasteiger charge is 2.15. The Hall–Kier alpha value is -1.92. The smallest absolute Gasteiger partial charge is 0.138 e. The van der Waals surface area contributed by atoms with Gasteiger partial charge in [-0.2, -0.15) is 5.10 Å². The third-order valence-electron chi connectivity index (χ3n) is 3.29. The molecule has 2 aromatic rings. The largest absolute Gasteiger partial charge is 0.494 e. The van der Waals surface area contributed by atoms with Crippen LogP contribution in [0.5, 0.6) is 5.75 Å². The Kier molecular flexibility index (Phi) is 5.71. The number of rotatable bonds is 8. The molecule has 114 valence electrons. The Bertz CT molecular complexity index is 555. The van der Waals surface area contributed by atoms with Gasteiger partial charge in [-0.05, 0) is 31.0 Å². The first-order valence-corrected chi connectivity index (χ1v) is 7.34. The summed E-state index contributed by atoms with van der Waals surface area (Å²) in [5, 5.41) is 4.25. The Morgan fingerprint density at radius 1 is 1.38 bits per heavy atom. The van der Waals surface area contributed by atoms with Crippen LogP contribution in [0.3, 0.4) is 0 Å². The Balaban J connectivity index is 2.15. The van der Waals surface area contributed by atoms with Crippen molar-refractivity contribution in [2.45, 2.75) is 39.3 Å². The van der Waals surface area contributed by atoms with Gasteiger partial charge < -0.3 is 4.74 Å². The highest BCUT2D eigenvalue weighted by atomic mass is 16.5. The molecule has 0 spiro atoms. The molecule has 3 N–H and O–H groups in total. The van der Waals surface area contributed by atoms with Crippen LogP contribution in [0.15, 0.2) is 30.6 Å². The van der Waals surface area contributed by atoms with Gasteiger partial charge in [-0.3, -0.25) is 16.0 Å². The lowest BCUT2D eigenvalue weighted by Gasteiger charge is -2.17. The van der Waals surface area contributed by atoms with Crippen LogP contribution in [0, 0.1) is 0 Å². The Morgan fingerprint density at radius 2 is 2.24 bits per heavy atom. The SMILES string of the molecule is CCCn1ncnc1CC(NN)c1cccc(OCC)c1. The number of nitrogens with zero attached hydrogens (tertiary/aromatic N) is 3. The second-order valence-electron chi connectivity index (χ2n) is 4.83. The van der Waals surface area contributed by atoms with Crippen molar-refractivity contribution in [2.24, 2.45) is 5.84 Å². The van der Waals surface area contributed by atoms with Crippen LogP contribution in [0.25, 0.3) is 0 Å². The van der Waals surface area contributed by atoms with Crippen molar-refractivity contribution in [2.75, 3.05) is 6.61 Å². The molecular weight excluding hydrogens is 266 g/mol. The number of nitrogens with two attached hydrogens (primary N) is 1. The predicted octanol–water partition coefficient (Wildman–Crippen LogP) is 1.83. The molecule has 0 aliphatic rings. The molecule has 1 aromatic heterocycles. The van der Waals surface area contributed by atoms with Crippen LogP contribution in [0.1, 0.15) is 37.7 Å². The van der Waals surface area contributed by atoms with Crippen LogP contribution < -0.4 is 16.0 Å². The minimum atomic E-state index is -0.0230. The molecule has 1 heterocycles. The normalized spacial score (nSPS) is 12.3. The van der Waals surface area contributed by atoms with E-state index in [-0.39, 0.29) is 6.04 Å². The molecule has 6 heteroatoms. The van der Waals surface area contributed by atoms with E-state index in [2.05, 4.69) is 22.4 Å². The zero-order valence-electron chi connectivity index (χ0n) is 12.6. The standard InChI is InChI=1S/C15H23N5O/c1-3-8-20-15(17-11-18-20)10-14(19-16)12-6-5-7-13(9-12)21-4-2/h5-7,9,11,14,19H,3-4,8,10,16H2,1-2H3. The molecule has 0 saturated heterocycles. The van der Waals surface area contributed by atoms with Crippen molar-refractivity contribution in [3.8, 4) is 5.75 Å². The van der Waals surface area contributed by atoms with Gasteiger partial charge in [0.2, 0.25) is 0 Å². The van der Waals surface area contributed by atoms with Crippen LogP contribution >= 0.6 is 0 Å². The summed E-state index contributed by atoms with van der Waals surface area (Å²) in [6.45, 7) is 5.61. The number of aromatic nitrogens is 3. The number of benzene rings is 1. The summed E-state index contributed by atoms with van der Waals surface area (Å²) in [7, 11) is 0. The molecule has 0 saturated carbocycles. The van der Waals surface area contributed by atoms with Gasteiger partial charge >= 0.3 is 0 Å². The van der Waals surface area contributed by atoms with Crippen molar-refractivity contribution < 1.29 is 4.74 Å². The molecule has 0 radical (unpaired) electrons. The average molecular weight is 289 g/mol. The van der Waals surface area contributed by atoms with Crippen molar-refractivity contribution in [1.29, 1.82) is 0 Å². The Labute approximate surface area is 125 Å². The van der Waals surface area contributed by atoms with E-state index < -0.39 is 0 Å². The molecule has 0 fully saturated rings. The van der Waals surface area contributed by atoms with E-state index >= 15 is 0 Å². The summed E-state index contributed by atoms with van der Waals surface area (Å²) in [6, 6.07) is 7.94. The van der Waals surface area contributed by atoms with E-state index in [0.717, 1.165) is 30.1 Å². The third-order valence-corrected chi connectivity index (χ3v) is 3.29. The highest BCUT2D eigenvalue weighted by Crippen LogP contribution is 2.21. The lowest BCUT2D eigenvalue weighted by molar-refractivity contribution is 0.339. The fraction of sp³-hybridized carbons (Fsp3) is 0.467. The van der Waals surface area contributed by atoms with Crippen LogP contribution in [0.4, 0.5) is 0 Å². The molecule has 0 bridgehead atoms. The second-order valence-corrected chi connectivity index (χ2v) is 4.83. The maximum absolute atomic E-state index is 5.72. The Morgan fingerprint density at radius 3 is 2.95 bits per heavy atom.